The molecule has 0 fully saturated rings. The second-order valence-corrected chi connectivity index (χ2v) is 4.26. The normalized spacial score (nSPS) is 20.0. The summed E-state index contributed by atoms with van der Waals surface area (Å²) in [6, 6.07) is 15.5. The van der Waals surface area contributed by atoms with Crippen LogP contribution in [0.2, 0.25) is 0 Å². The Hall–Kier alpha value is -2.82. The van der Waals surface area contributed by atoms with Crippen molar-refractivity contribution in [3.63, 3.8) is 0 Å². The Kier molecular flexibility index (Phi) is 2.05. The standard InChI is InChI=1S/C14H9N5/c1-2-6-10-9(5-1)13-14(15-10)19-17-12-8-4-3-7-11(12)16-18-13/h1-8H,(H,15,19). The first-order valence-electron chi connectivity index (χ1n) is 5.95. The van der Waals surface area contributed by atoms with Crippen molar-refractivity contribution < 1.29 is 0 Å². The van der Waals surface area contributed by atoms with Crippen molar-refractivity contribution in [1.29, 1.82) is 0 Å². The van der Waals surface area contributed by atoms with Gasteiger partial charge < -0.3 is 4.98 Å². The monoisotopic (exact) mass is 247 g/mol. The highest BCUT2D eigenvalue weighted by molar-refractivity contribution is 5.78. The highest BCUT2D eigenvalue weighted by Crippen LogP contribution is 2.03. The third-order valence-corrected chi connectivity index (χ3v) is 3.06. The third kappa shape index (κ3) is 1.55. The SMILES string of the molecule is c1ccc2/c(c1)=N\N=c1/c([nH]c3ccccc13)=N\N=2. The van der Waals surface area contributed by atoms with Crippen LogP contribution in [0.5, 0.6) is 0 Å². The van der Waals surface area contributed by atoms with Gasteiger partial charge in [-0.3, -0.25) is 0 Å². The van der Waals surface area contributed by atoms with Gasteiger partial charge in [0.25, 0.3) is 0 Å². The molecule has 0 bridgehead atoms. The largest absolute Gasteiger partial charge is 0.336 e. The minimum atomic E-state index is 0.638. The Morgan fingerprint density at radius 3 is 2.21 bits per heavy atom. The van der Waals surface area contributed by atoms with E-state index in [2.05, 4.69) is 25.4 Å². The zero-order chi connectivity index (χ0) is 12.7. The van der Waals surface area contributed by atoms with Gasteiger partial charge in [-0.25, -0.2) is 0 Å². The zero-order valence-electron chi connectivity index (χ0n) is 9.91. The van der Waals surface area contributed by atoms with E-state index in [-0.39, 0.29) is 0 Å². The molecule has 5 nitrogen and oxygen atoms in total. The summed E-state index contributed by atoms with van der Waals surface area (Å²) in [6.07, 6.45) is 0. The summed E-state index contributed by atoms with van der Waals surface area (Å²) in [7, 11) is 0. The van der Waals surface area contributed by atoms with E-state index in [0.29, 0.717) is 5.49 Å². The van der Waals surface area contributed by atoms with Crippen molar-refractivity contribution in [1.82, 2.24) is 4.98 Å². The number of para-hydroxylation sites is 1. The van der Waals surface area contributed by atoms with E-state index in [1.807, 2.05) is 48.5 Å². The van der Waals surface area contributed by atoms with E-state index in [4.69, 9.17) is 0 Å². The summed E-state index contributed by atoms with van der Waals surface area (Å²) in [6.45, 7) is 0. The van der Waals surface area contributed by atoms with Gasteiger partial charge in [0.05, 0.1) is 0 Å². The molecule has 1 aliphatic heterocycles. The van der Waals surface area contributed by atoms with Crippen molar-refractivity contribution in [2.75, 3.05) is 0 Å². The maximum atomic E-state index is 4.32. The van der Waals surface area contributed by atoms with Gasteiger partial charge in [-0.05, 0) is 18.2 Å². The molecular weight excluding hydrogens is 238 g/mol. The van der Waals surface area contributed by atoms with Gasteiger partial charge in [-0.2, -0.15) is 0 Å². The number of H-pyrrole nitrogens is 1. The Labute approximate surface area is 107 Å². The van der Waals surface area contributed by atoms with Gasteiger partial charge in [-0.1, -0.05) is 30.3 Å². The maximum absolute atomic E-state index is 4.32. The molecule has 1 N–H and O–H groups in total. The Balaban J connectivity index is 2.21. The molecule has 90 valence electrons. The number of hydrogen-bond donors (Lipinski definition) is 1. The summed E-state index contributed by atoms with van der Waals surface area (Å²) >= 11 is 0. The van der Waals surface area contributed by atoms with E-state index in [9.17, 15) is 0 Å². The van der Waals surface area contributed by atoms with Crippen LogP contribution in [0.3, 0.4) is 0 Å². The molecule has 4 rings (SSSR count). The van der Waals surface area contributed by atoms with Crippen LogP contribution in [0.4, 0.5) is 0 Å². The quantitative estimate of drug-likeness (QED) is 0.589. The average molecular weight is 247 g/mol. The molecule has 1 aliphatic rings. The molecule has 0 aliphatic carbocycles. The first kappa shape index (κ1) is 10.1. The van der Waals surface area contributed by atoms with Gasteiger partial charge in [0.1, 0.15) is 16.1 Å². The fourth-order valence-electron chi connectivity index (χ4n) is 2.13. The Morgan fingerprint density at radius 1 is 0.684 bits per heavy atom. The van der Waals surface area contributed by atoms with Crippen molar-refractivity contribution in [2.45, 2.75) is 0 Å². The third-order valence-electron chi connectivity index (χ3n) is 3.06. The molecule has 19 heavy (non-hydrogen) atoms. The lowest BCUT2D eigenvalue weighted by Crippen LogP contribution is -2.29. The average Bonchev–Trinajstić information content (AvgIpc) is 2.78. The van der Waals surface area contributed by atoms with Gasteiger partial charge in [0, 0.05) is 10.9 Å². The van der Waals surface area contributed by atoms with Crippen LogP contribution in [-0.2, 0) is 0 Å². The predicted octanol–water partition coefficient (Wildman–Crippen LogP) is 0.190. The first-order valence-corrected chi connectivity index (χ1v) is 5.95. The van der Waals surface area contributed by atoms with Crippen molar-refractivity contribution >= 4 is 10.9 Å². The number of fused-ring (bicyclic) bond motifs is 4. The summed E-state index contributed by atoms with van der Waals surface area (Å²) in [5.41, 5.74) is 1.62. The number of hydrogen-bond acceptors (Lipinski definition) is 4. The van der Waals surface area contributed by atoms with Crippen molar-refractivity contribution in [3.8, 4) is 0 Å². The second kappa shape index (κ2) is 3.84. The number of aromatic amines is 1. The number of rotatable bonds is 0. The molecule has 1 aromatic heterocycles. The van der Waals surface area contributed by atoms with Gasteiger partial charge in [0.15, 0.2) is 5.49 Å². The van der Waals surface area contributed by atoms with Crippen LogP contribution in [-0.4, -0.2) is 4.98 Å². The van der Waals surface area contributed by atoms with Crippen molar-refractivity contribution in [2.24, 2.45) is 20.4 Å². The predicted molar refractivity (Wildman–Crippen MR) is 69.4 cm³/mol. The smallest absolute Gasteiger partial charge is 0.181 e. The van der Waals surface area contributed by atoms with Crippen LogP contribution in [0.1, 0.15) is 0 Å². The maximum Gasteiger partial charge on any atom is 0.181 e. The van der Waals surface area contributed by atoms with Crippen LogP contribution in [0, 0.1) is 0 Å². The summed E-state index contributed by atoms with van der Waals surface area (Å²) in [4.78, 5) is 3.20. The lowest BCUT2D eigenvalue weighted by Gasteiger charge is -1.88. The minimum Gasteiger partial charge on any atom is -0.336 e. The number of aromatic nitrogens is 1. The molecule has 0 atom stereocenters. The molecule has 2 heterocycles. The second-order valence-electron chi connectivity index (χ2n) is 4.26. The highest BCUT2D eigenvalue weighted by Gasteiger charge is 2.02. The Bertz CT molecular complexity index is 1010. The molecular formula is C14H9N5. The molecule has 2 aromatic carbocycles. The summed E-state index contributed by atoms with van der Waals surface area (Å²) < 4.78 is 0. The van der Waals surface area contributed by atoms with E-state index < -0.39 is 0 Å². The number of benzene rings is 2. The topological polar surface area (TPSA) is 65.2 Å². The van der Waals surface area contributed by atoms with E-state index in [1.165, 1.54) is 0 Å². The lowest BCUT2D eigenvalue weighted by molar-refractivity contribution is 0.934. The molecule has 3 aromatic rings. The van der Waals surface area contributed by atoms with Gasteiger partial charge >= 0.3 is 0 Å². The molecule has 5 heteroatoms. The van der Waals surface area contributed by atoms with Crippen LogP contribution >= 0.6 is 0 Å². The highest BCUT2D eigenvalue weighted by atomic mass is 15.3. The fourth-order valence-corrected chi connectivity index (χ4v) is 2.13. The van der Waals surface area contributed by atoms with E-state index in [0.717, 1.165) is 27.0 Å². The molecule has 0 amide bonds. The first-order chi connectivity index (χ1) is 9.42. The van der Waals surface area contributed by atoms with Crippen LogP contribution < -0.4 is 21.6 Å². The number of nitrogens with zero attached hydrogens (tertiary/aromatic N) is 4. The number of nitrogens with one attached hydrogen (secondary N) is 1. The zero-order valence-corrected chi connectivity index (χ0v) is 9.91. The Morgan fingerprint density at radius 2 is 1.37 bits per heavy atom. The summed E-state index contributed by atoms with van der Waals surface area (Å²) in [5, 5.41) is 20.2. The van der Waals surface area contributed by atoms with Crippen LogP contribution in [0.15, 0.2) is 68.9 Å². The molecule has 0 saturated carbocycles. The molecule has 0 radical (unpaired) electrons. The molecule has 0 spiro atoms. The minimum absolute atomic E-state index is 0.638. The van der Waals surface area contributed by atoms with Crippen LogP contribution in [0.25, 0.3) is 10.9 Å². The fraction of sp³-hybridized carbons (Fsp3) is 0. The van der Waals surface area contributed by atoms with Crippen molar-refractivity contribution in [3.05, 3.63) is 70.1 Å². The van der Waals surface area contributed by atoms with Gasteiger partial charge in [-0.15, -0.1) is 20.4 Å². The van der Waals surface area contributed by atoms with E-state index >= 15 is 0 Å². The summed E-state index contributed by atoms with van der Waals surface area (Å²) in [5.74, 6) is 0. The van der Waals surface area contributed by atoms with E-state index in [1.54, 1.807) is 0 Å². The molecule has 0 saturated heterocycles. The molecule has 0 unspecified atom stereocenters. The lowest BCUT2D eigenvalue weighted by atomic mass is 10.2. The van der Waals surface area contributed by atoms with Gasteiger partial charge in [0.2, 0.25) is 0 Å².